The summed E-state index contributed by atoms with van der Waals surface area (Å²) in [4.78, 5) is 29.4. The Bertz CT molecular complexity index is 828. The van der Waals surface area contributed by atoms with E-state index in [-0.39, 0.29) is 18.4 Å². The number of alkyl halides is 5. The van der Waals surface area contributed by atoms with Gasteiger partial charge in [-0.2, -0.15) is 13.2 Å². The van der Waals surface area contributed by atoms with Crippen LogP contribution in [0, 0.1) is 5.92 Å². The van der Waals surface area contributed by atoms with Crippen molar-refractivity contribution in [3.63, 3.8) is 0 Å². The normalized spacial score (nSPS) is 23.2. The van der Waals surface area contributed by atoms with E-state index in [0.29, 0.717) is 5.69 Å². The van der Waals surface area contributed by atoms with Gasteiger partial charge in [0.15, 0.2) is 0 Å². The molecule has 1 saturated carbocycles. The summed E-state index contributed by atoms with van der Waals surface area (Å²) in [7, 11) is 0. The zero-order valence-corrected chi connectivity index (χ0v) is 17.7. The molecule has 1 N–H and O–H groups in total. The lowest BCUT2D eigenvalue weighted by Gasteiger charge is -2.38. The number of rotatable bonds is 4. The minimum Gasteiger partial charge on any atom is -0.475 e. The molecule has 1 saturated heterocycles. The Balaban J connectivity index is 0.000000360. The number of hydrogen-bond acceptors (Lipinski definition) is 4. The van der Waals surface area contributed by atoms with Gasteiger partial charge in [0.05, 0.1) is 31.2 Å². The van der Waals surface area contributed by atoms with Crippen molar-refractivity contribution in [3.05, 3.63) is 17.7 Å². The highest BCUT2D eigenvalue weighted by Gasteiger charge is 2.46. The van der Waals surface area contributed by atoms with Gasteiger partial charge in [0.2, 0.25) is 5.91 Å². The van der Waals surface area contributed by atoms with Crippen LogP contribution in [-0.4, -0.2) is 74.6 Å². The summed E-state index contributed by atoms with van der Waals surface area (Å²) in [5.41, 5.74) is 0.699. The average molecular weight is 466 g/mol. The maximum absolute atomic E-state index is 12.9. The van der Waals surface area contributed by atoms with Crippen LogP contribution in [0.1, 0.15) is 50.2 Å². The van der Waals surface area contributed by atoms with E-state index in [1.807, 2.05) is 6.20 Å². The Labute approximate surface area is 182 Å². The van der Waals surface area contributed by atoms with Crippen molar-refractivity contribution in [1.82, 2.24) is 19.4 Å². The summed E-state index contributed by atoms with van der Waals surface area (Å²) < 4.78 is 59.7. The molecule has 1 aliphatic carbocycles. The molecule has 0 radical (unpaired) electrons. The monoisotopic (exact) mass is 466 g/mol. The van der Waals surface area contributed by atoms with E-state index in [9.17, 15) is 26.7 Å². The van der Waals surface area contributed by atoms with Crippen molar-refractivity contribution in [1.29, 1.82) is 0 Å². The van der Waals surface area contributed by atoms with Crippen LogP contribution in [0.4, 0.5) is 22.0 Å². The Morgan fingerprint density at radius 1 is 1.19 bits per heavy atom. The van der Waals surface area contributed by atoms with E-state index in [4.69, 9.17) is 9.90 Å². The quantitative estimate of drug-likeness (QED) is 0.690. The number of fused-ring (bicyclic) bond motifs is 1. The highest BCUT2D eigenvalue weighted by Crippen LogP contribution is 2.31. The second-order valence-corrected chi connectivity index (χ2v) is 8.69. The Hall–Kier alpha value is -2.24. The number of carboxylic acids is 1. The molecule has 32 heavy (non-hydrogen) atoms. The van der Waals surface area contributed by atoms with Gasteiger partial charge >= 0.3 is 12.1 Å². The fourth-order valence-corrected chi connectivity index (χ4v) is 4.41. The van der Waals surface area contributed by atoms with Crippen LogP contribution >= 0.6 is 0 Å². The minimum atomic E-state index is -5.08. The fraction of sp³-hybridized carbons (Fsp3) is 0.750. The van der Waals surface area contributed by atoms with E-state index in [0.717, 1.165) is 31.4 Å². The molecule has 0 aromatic carbocycles. The molecule has 0 spiro atoms. The summed E-state index contributed by atoms with van der Waals surface area (Å²) in [6.07, 6.45) is 2.32. The highest BCUT2D eigenvalue weighted by molar-refractivity contribution is 5.79. The molecule has 1 unspecified atom stereocenters. The first-order valence-corrected chi connectivity index (χ1v) is 10.6. The molecule has 1 aromatic heterocycles. The number of imidazole rings is 1. The summed E-state index contributed by atoms with van der Waals surface area (Å²) >= 11 is 0. The van der Waals surface area contributed by atoms with Crippen LogP contribution in [-0.2, 0) is 22.6 Å². The first-order valence-electron chi connectivity index (χ1n) is 10.6. The molecule has 1 atom stereocenters. The third-order valence-corrected chi connectivity index (χ3v) is 6.15. The maximum Gasteiger partial charge on any atom is 0.490 e. The van der Waals surface area contributed by atoms with Crippen molar-refractivity contribution in [2.45, 2.75) is 63.7 Å². The van der Waals surface area contributed by atoms with Crippen LogP contribution in [0.15, 0.2) is 6.20 Å². The Morgan fingerprint density at radius 3 is 2.31 bits per heavy atom. The molecule has 0 bridgehead atoms. The number of carbonyl (C=O) groups excluding carboxylic acids is 1. The average Bonchev–Trinajstić information content (AvgIpc) is 3.31. The van der Waals surface area contributed by atoms with Gasteiger partial charge in [-0.3, -0.25) is 9.69 Å². The van der Waals surface area contributed by atoms with Gasteiger partial charge in [-0.15, -0.1) is 0 Å². The molecule has 3 heterocycles. The van der Waals surface area contributed by atoms with Crippen molar-refractivity contribution in [3.8, 4) is 0 Å². The summed E-state index contributed by atoms with van der Waals surface area (Å²) in [6.45, 7) is 4.29. The lowest BCUT2D eigenvalue weighted by Crippen LogP contribution is -2.58. The van der Waals surface area contributed by atoms with Gasteiger partial charge in [-0.05, 0) is 25.7 Å². The van der Waals surface area contributed by atoms with Gasteiger partial charge in [-0.25, -0.2) is 18.6 Å². The number of halogens is 5. The topological polar surface area (TPSA) is 78.7 Å². The van der Waals surface area contributed by atoms with E-state index in [1.54, 1.807) is 0 Å². The molecule has 1 aromatic rings. The van der Waals surface area contributed by atoms with Crippen LogP contribution in [0.3, 0.4) is 0 Å². The van der Waals surface area contributed by atoms with Crippen molar-refractivity contribution in [2.75, 3.05) is 26.2 Å². The summed E-state index contributed by atoms with van der Waals surface area (Å²) in [5, 5.41) is 7.12. The number of likely N-dealkylation sites (tertiary alicyclic amines) is 1. The van der Waals surface area contributed by atoms with E-state index < -0.39 is 31.2 Å². The predicted octanol–water partition coefficient (Wildman–Crippen LogP) is 3.10. The number of aromatic nitrogens is 2. The van der Waals surface area contributed by atoms with Gasteiger partial charge < -0.3 is 14.6 Å². The molecule has 180 valence electrons. The van der Waals surface area contributed by atoms with E-state index in [1.165, 1.54) is 30.6 Å². The van der Waals surface area contributed by atoms with Gasteiger partial charge in [0.25, 0.3) is 5.92 Å². The van der Waals surface area contributed by atoms with Gasteiger partial charge in [-0.1, -0.05) is 12.8 Å². The lowest BCUT2D eigenvalue weighted by molar-refractivity contribution is -0.192. The molecule has 7 nitrogen and oxygen atoms in total. The van der Waals surface area contributed by atoms with Gasteiger partial charge in [0.1, 0.15) is 5.82 Å². The molecule has 12 heteroatoms. The second-order valence-electron chi connectivity index (χ2n) is 8.69. The lowest BCUT2D eigenvalue weighted by atomic mass is 10.1. The molecule has 2 fully saturated rings. The molecular formula is C20H27F5N4O3. The van der Waals surface area contributed by atoms with Crippen molar-refractivity contribution >= 4 is 11.9 Å². The molecule has 3 aliphatic rings. The second kappa shape index (κ2) is 9.32. The van der Waals surface area contributed by atoms with Crippen molar-refractivity contribution in [2.24, 2.45) is 5.92 Å². The SMILES string of the molecule is CC1c2nc(CC(=O)N3CC(F)(F)C3)cn2CCN1CC1CCCC1.O=C(O)C(F)(F)F. The Morgan fingerprint density at radius 2 is 1.78 bits per heavy atom. The number of carboxylic acid groups (broad SMARTS) is 1. The third kappa shape index (κ3) is 5.96. The highest BCUT2D eigenvalue weighted by atomic mass is 19.4. The standard InChI is InChI=1S/C18H26F2N4O.C2HF3O2/c1-13-17-21-15(8-16(25)24-11-18(19,20)12-24)10-23(17)7-6-22(13)9-14-4-2-3-5-14;3-2(4,5)1(6)7/h10,13-14H,2-9,11-12H2,1H3;(H,6,7). The molecule has 4 rings (SSSR count). The predicted molar refractivity (Wildman–Crippen MR) is 103 cm³/mol. The van der Waals surface area contributed by atoms with Crippen molar-refractivity contribution < 1.29 is 36.6 Å². The molecular weight excluding hydrogens is 439 g/mol. The number of carbonyl (C=O) groups is 2. The molecule has 1 amide bonds. The van der Waals surface area contributed by atoms with Crippen LogP contribution in [0.5, 0.6) is 0 Å². The number of hydrogen-bond donors (Lipinski definition) is 1. The molecule has 2 aliphatic heterocycles. The van der Waals surface area contributed by atoms with Crippen LogP contribution < -0.4 is 0 Å². The first-order chi connectivity index (χ1) is 14.9. The smallest absolute Gasteiger partial charge is 0.475 e. The largest absolute Gasteiger partial charge is 0.490 e. The number of aliphatic carboxylic acids is 1. The minimum absolute atomic E-state index is 0.116. The zero-order chi connectivity index (χ0) is 23.7. The van der Waals surface area contributed by atoms with E-state index in [2.05, 4.69) is 21.4 Å². The first kappa shape index (κ1) is 24.4. The fourth-order valence-electron chi connectivity index (χ4n) is 4.41. The van der Waals surface area contributed by atoms with Crippen LogP contribution in [0.25, 0.3) is 0 Å². The maximum atomic E-state index is 12.9. The summed E-state index contributed by atoms with van der Waals surface area (Å²) in [5.74, 6) is -3.92. The number of amides is 1. The summed E-state index contributed by atoms with van der Waals surface area (Å²) in [6, 6.07) is 0.242. The Kier molecular flexibility index (Phi) is 7.11. The zero-order valence-electron chi connectivity index (χ0n) is 17.7. The number of nitrogens with zero attached hydrogens (tertiary/aromatic N) is 4. The van der Waals surface area contributed by atoms with Crippen LogP contribution in [0.2, 0.25) is 0 Å². The van der Waals surface area contributed by atoms with Gasteiger partial charge in [0, 0.05) is 25.8 Å². The van der Waals surface area contributed by atoms with E-state index >= 15 is 0 Å². The third-order valence-electron chi connectivity index (χ3n) is 6.15.